The molecule has 0 bridgehead atoms. The van der Waals surface area contributed by atoms with Gasteiger partial charge in [0.2, 0.25) is 0 Å². The van der Waals surface area contributed by atoms with Crippen molar-refractivity contribution in [2.45, 2.75) is 19.4 Å². The van der Waals surface area contributed by atoms with Crippen molar-refractivity contribution in [1.82, 2.24) is 4.90 Å². The molecule has 0 aliphatic carbocycles. The molecule has 90 valence electrons. The summed E-state index contributed by atoms with van der Waals surface area (Å²) in [7, 11) is 0. The SMILES string of the molecule is CCC(=O)CN1C(=O)OC[C@@H]1c1ccccc1. The Morgan fingerprint density at radius 2 is 2.12 bits per heavy atom. The Bertz CT molecular complexity index is 416. The molecule has 1 saturated heterocycles. The second-order valence-corrected chi connectivity index (χ2v) is 4.02. The lowest BCUT2D eigenvalue weighted by Gasteiger charge is -2.20. The Balaban J connectivity index is 2.16. The summed E-state index contributed by atoms with van der Waals surface area (Å²) < 4.78 is 5.01. The Morgan fingerprint density at radius 3 is 2.76 bits per heavy atom. The molecule has 0 unspecified atom stereocenters. The molecule has 0 spiro atoms. The van der Waals surface area contributed by atoms with Gasteiger partial charge in [-0.05, 0) is 5.56 Å². The normalized spacial score (nSPS) is 19.2. The van der Waals surface area contributed by atoms with E-state index in [2.05, 4.69) is 0 Å². The average molecular weight is 233 g/mol. The van der Waals surface area contributed by atoms with Crippen molar-refractivity contribution < 1.29 is 14.3 Å². The van der Waals surface area contributed by atoms with Crippen molar-refractivity contribution in [2.24, 2.45) is 0 Å². The van der Waals surface area contributed by atoms with Crippen LogP contribution in [-0.4, -0.2) is 29.9 Å². The predicted molar refractivity (Wildman–Crippen MR) is 62.5 cm³/mol. The maximum Gasteiger partial charge on any atom is 0.410 e. The predicted octanol–water partition coefficient (Wildman–Crippen LogP) is 2.16. The van der Waals surface area contributed by atoms with Crippen LogP contribution in [0, 0.1) is 0 Å². The van der Waals surface area contributed by atoms with Gasteiger partial charge in [0.1, 0.15) is 6.61 Å². The van der Waals surface area contributed by atoms with Crippen LogP contribution in [0.15, 0.2) is 30.3 Å². The minimum Gasteiger partial charge on any atom is -0.447 e. The second kappa shape index (κ2) is 4.99. The van der Waals surface area contributed by atoms with Crippen LogP contribution in [0.25, 0.3) is 0 Å². The quantitative estimate of drug-likeness (QED) is 0.800. The first kappa shape index (κ1) is 11.6. The highest BCUT2D eigenvalue weighted by molar-refractivity contribution is 5.84. The Morgan fingerprint density at radius 1 is 1.41 bits per heavy atom. The molecule has 1 heterocycles. The fraction of sp³-hybridized carbons (Fsp3) is 0.385. The van der Waals surface area contributed by atoms with E-state index in [4.69, 9.17) is 4.74 Å². The minimum atomic E-state index is -0.402. The molecular formula is C13H15NO3. The second-order valence-electron chi connectivity index (χ2n) is 4.02. The Hall–Kier alpha value is -1.84. The number of carbonyl (C=O) groups excluding carboxylic acids is 2. The first-order valence-electron chi connectivity index (χ1n) is 5.72. The lowest BCUT2D eigenvalue weighted by atomic mass is 10.1. The van der Waals surface area contributed by atoms with Crippen molar-refractivity contribution in [3.63, 3.8) is 0 Å². The topological polar surface area (TPSA) is 46.6 Å². The van der Waals surface area contributed by atoms with Gasteiger partial charge in [0.05, 0.1) is 12.6 Å². The van der Waals surface area contributed by atoms with E-state index in [1.165, 1.54) is 4.90 Å². The molecule has 17 heavy (non-hydrogen) atoms. The van der Waals surface area contributed by atoms with Gasteiger partial charge in [-0.3, -0.25) is 9.69 Å². The van der Waals surface area contributed by atoms with Gasteiger partial charge in [-0.1, -0.05) is 37.3 Å². The molecule has 1 aliphatic heterocycles. The van der Waals surface area contributed by atoms with E-state index in [1.807, 2.05) is 30.3 Å². The van der Waals surface area contributed by atoms with Crippen molar-refractivity contribution in [1.29, 1.82) is 0 Å². The number of amides is 1. The zero-order valence-electron chi connectivity index (χ0n) is 9.76. The van der Waals surface area contributed by atoms with E-state index in [0.29, 0.717) is 13.0 Å². The summed E-state index contributed by atoms with van der Waals surface area (Å²) in [6.07, 6.45) is 0.0336. The first-order valence-corrected chi connectivity index (χ1v) is 5.72. The van der Waals surface area contributed by atoms with Gasteiger partial charge < -0.3 is 4.74 Å². The monoisotopic (exact) mass is 233 g/mol. The van der Waals surface area contributed by atoms with Gasteiger partial charge in [0.15, 0.2) is 5.78 Å². The van der Waals surface area contributed by atoms with Gasteiger partial charge in [-0.2, -0.15) is 0 Å². The summed E-state index contributed by atoms with van der Waals surface area (Å²) in [5, 5.41) is 0. The molecule has 1 atom stereocenters. The molecule has 4 heteroatoms. The van der Waals surface area contributed by atoms with Gasteiger partial charge >= 0.3 is 6.09 Å². The summed E-state index contributed by atoms with van der Waals surface area (Å²) in [5.41, 5.74) is 1.00. The molecule has 2 rings (SSSR count). The third kappa shape index (κ3) is 2.46. The highest BCUT2D eigenvalue weighted by atomic mass is 16.6. The molecular weight excluding hydrogens is 218 g/mol. The average Bonchev–Trinajstić information content (AvgIpc) is 2.72. The number of hydrogen-bond acceptors (Lipinski definition) is 3. The van der Waals surface area contributed by atoms with E-state index >= 15 is 0 Å². The van der Waals surface area contributed by atoms with Crippen LogP contribution in [0.5, 0.6) is 0 Å². The molecule has 1 aromatic carbocycles. The number of hydrogen-bond donors (Lipinski definition) is 0. The number of ether oxygens (including phenoxy) is 1. The Kier molecular flexibility index (Phi) is 3.42. The first-order chi connectivity index (χ1) is 8.22. The molecule has 0 radical (unpaired) electrons. The van der Waals surface area contributed by atoms with Crippen LogP contribution in [0.1, 0.15) is 24.9 Å². The van der Waals surface area contributed by atoms with Crippen LogP contribution >= 0.6 is 0 Å². The lowest BCUT2D eigenvalue weighted by molar-refractivity contribution is -0.119. The largest absolute Gasteiger partial charge is 0.447 e. The van der Waals surface area contributed by atoms with Crippen molar-refractivity contribution in [3.05, 3.63) is 35.9 Å². The highest BCUT2D eigenvalue weighted by Gasteiger charge is 2.34. The fourth-order valence-electron chi connectivity index (χ4n) is 1.88. The molecule has 1 amide bonds. The molecule has 0 aromatic heterocycles. The number of Topliss-reactive ketones (excluding diaryl/α,β-unsaturated/α-hetero) is 1. The van der Waals surface area contributed by atoms with E-state index in [1.54, 1.807) is 6.92 Å². The van der Waals surface area contributed by atoms with Gasteiger partial charge in [-0.25, -0.2) is 4.79 Å². The smallest absolute Gasteiger partial charge is 0.410 e. The zero-order valence-corrected chi connectivity index (χ0v) is 9.76. The molecule has 1 aromatic rings. The van der Waals surface area contributed by atoms with Gasteiger partial charge in [0, 0.05) is 6.42 Å². The Labute approximate surface area is 100 Å². The van der Waals surface area contributed by atoms with Crippen LogP contribution in [0.4, 0.5) is 4.79 Å². The van der Waals surface area contributed by atoms with Crippen LogP contribution in [-0.2, 0) is 9.53 Å². The number of nitrogens with zero attached hydrogens (tertiary/aromatic N) is 1. The van der Waals surface area contributed by atoms with E-state index in [-0.39, 0.29) is 18.4 Å². The molecule has 0 saturated carbocycles. The number of benzene rings is 1. The third-order valence-corrected chi connectivity index (χ3v) is 2.90. The third-order valence-electron chi connectivity index (χ3n) is 2.90. The van der Waals surface area contributed by atoms with Crippen molar-refractivity contribution >= 4 is 11.9 Å². The number of ketones is 1. The molecule has 1 aliphatic rings. The van der Waals surface area contributed by atoms with Crippen molar-refractivity contribution in [3.8, 4) is 0 Å². The fourth-order valence-corrected chi connectivity index (χ4v) is 1.88. The molecule has 1 fully saturated rings. The van der Waals surface area contributed by atoms with E-state index in [0.717, 1.165) is 5.56 Å². The van der Waals surface area contributed by atoms with Gasteiger partial charge in [0.25, 0.3) is 0 Å². The summed E-state index contributed by atoms with van der Waals surface area (Å²) >= 11 is 0. The minimum absolute atomic E-state index is 0.0461. The summed E-state index contributed by atoms with van der Waals surface area (Å²) in [4.78, 5) is 24.5. The number of carbonyl (C=O) groups is 2. The number of rotatable bonds is 4. The summed E-state index contributed by atoms with van der Waals surface area (Å²) in [6, 6.07) is 9.49. The van der Waals surface area contributed by atoms with E-state index < -0.39 is 6.09 Å². The maximum atomic E-state index is 11.6. The summed E-state index contributed by atoms with van der Waals surface area (Å²) in [5.74, 6) is 0.0461. The van der Waals surface area contributed by atoms with Crippen LogP contribution < -0.4 is 0 Å². The standard InChI is InChI=1S/C13H15NO3/c1-2-11(15)8-14-12(9-17-13(14)16)10-6-4-3-5-7-10/h3-7,12H,2,8-9H2,1H3/t12-/m1/s1. The van der Waals surface area contributed by atoms with Crippen molar-refractivity contribution in [2.75, 3.05) is 13.2 Å². The zero-order chi connectivity index (χ0) is 12.3. The molecule has 0 N–H and O–H groups in total. The highest BCUT2D eigenvalue weighted by Crippen LogP contribution is 2.27. The van der Waals surface area contributed by atoms with Gasteiger partial charge in [-0.15, -0.1) is 0 Å². The van der Waals surface area contributed by atoms with E-state index in [9.17, 15) is 9.59 Å². The van der Waals surface area contributed by atoms with Crippen LogP contribution in [0.3, 0.4) is 0 Å². The number of cyclic esters (lactones) is 1. The van der Waals surface area contributed by atoms with Crippen LogP contribution in [0.2, 0.25) is 0 Å². The lowest BCUT2D eigenvalue weighted by Crippen LogP contribution is -2.32. The maximum absolute atomic E-state index is 11.6. The molecule has 4 nitrogen and oxygen atoms in total. The summed E-state index contributed by atoms with van der Waals surface area (Å²) in [6.45, 7) is 2.25.